The van der Waals surface area contributed by atoms with Gasteiger partial charge in [0.15, 0.2) is 0 Å². The summed E-state index contributed by atoms with van der Waals surface area (Å²) in [6.07, 6.45) is -2.69. The molecule has 1 aromatic heterocycles. The van der Waals surface area contributed by atoms with E-state index in [9.17, 15) is 8.78 Å². The number of hydrogen-bond acceptors (Lipinski definition) is 1. The molecule has 1 heterocycles. The van der Waals surface area contributed by atoms with E-state index < -0.39 is 12.5 Å². The van der Waals surface area contributed by atoms with Gasteiger partial charge in [-0.15, -0.1) is 12.4 Å². The van der Waals surface area contributed by atoms with E-state index in [0.717, 1.165) is 33.9 Å². The van der Waals surface area contributed by atoms with Gasteiger partial charge in [-0.25, -0.2) is 8.78 Å². The number of fused-ring (bicyclic) bond motifs is 3. The molecular weight excluding hydrogens is 306 g/mol. The van der Waals surface area contributed by atoms with Gasteiger partial charge in [-0.2, -0.15) is 0 Å². The molecule has 0 radical (unpaired) electrons. The zero-order chi connectivity index (χ0) is 15.0. The van der Waals surface area contributed by atoms with Crippen molar-refractivity contribution >= 4 is 34.2 Å². The minimum Gasteiger partial charge on any atom is -0.341 e. The van der Waals surface area contributed by atoms with Crippen LogP contribution in [0.15, 0.2) is 42.5 Å². The number of aromatic nitrogens is 1. The topological polar surface area (TPSA) is 30.9 Å². The summed E-state index contributed by atoms with van der Waals surface area (Å²) >= 11 is 0. The summed E-state index contributed by atoms with van der Waals surface area (Å²) in [7, 11) is 0. The molecule has 0 aliphatic carbocycles. The van der Waals surface area contributed by atoms with Gasteiger partial charge in [0.25, 0.3) is 0 Å². The molecule has 0 amide bonds. The highest BCUT2D eigenvalue weighted by molar-refractivity contribution is 6.08. The van der Waals surface area contributed by atoms with Gasteiger partial charge < -0.3 is 10.3 Å². The second-order valence-electron chi connectivity index (χ2n) is 5.27. The van der Waals surface area contributed by atoms with Crippen molar-refractivity contribution in [2.75, 3.05) is 0 Å². The lowest BCUT2D eigenvalue weighted by Gasteiger charge is -2.12. The molecule has 118 valence electrons. The third kappa shape index (κ3) is 2.81. The number of aryl methyl sites for hydroxylation is 1. The molecule has 0 aliphatic heterocycles. The second kappa shape index (κ2) is 6.63. The Morgan fingerprint density at radius 3 is 2.41 bits per heavy atom. The number of nitrogens with two attached hydrogens (primary N) is 1. The van der Waals surface area contributed by atoms with Crippen molar-refractivity contribution in [1.29, 1.82) is 0 Å². The highest BCUT2D eigenvalue weighted by Crippen LogP contribution is 2.31. The summed E-state index contributed by atoms with van der Waals surface area (Å²) in [6, 6.07) is 13.3. The predicted octanol–water partition coefficient (Wildman–Crippen LogP) is 4.89. The largest absolute Gasteiger partial charge is 0.341 e. The summed E-state index contributed by atoms with van der Waals surface area (Å²) < 4.78 is 27.3. The standard InChI is InChI=1S/C17H18F2N2.ClH/c1-2-21-15-6-4-3-5-12(15)13-9-11(7-8-16(13)21)14(20)10-17(18)19;/h3-9,14,17H,2,10,20H2,1H3;1H/t14-;/m1./s1. The zero-order valence-electron chi connectivity index (χ0n) is 12.3. The van der Waals surface area contributed by atoms with E-state index in [2.05, 4.69) is 23.6 Å². The maximum atomic E-state index is 12.5. The molecule has 2 nitrogen and oxygen atoms in total. The molecule has 0 spiro atoms. The summed E-state index contributed by atoms with van der Waals surface area (Å²) in [5, 5.41) is 2.22. The van der Waals surface area contributed by atoms with Crippen LogP contribution in [0.5, 0.6) is 0 Å². The van der Waals surface area contributed by atoms with Crippen molar-refractivity contribution < 1.29 is 8.78 Å². The number of hydrogen-bond donors (Lipinski definition) is 1. The third-order valence-electron chi connectivity index (χ3n) is 3.97. The van der Waals surface area contributed by atoms with Crippen LogP contribution in [-0.4, -0.2) is 11.0 Å². The molecule has 0 unspecified atom stereocenters. The van der Waals surface area contributed by atoms with Gasteiger partial charge >= 0.3 is 0 Å². The van der Waals surface area contributed by atoms with Gasteiger partial charge in [-0.05, 0) is 30.7 Å². The van der Waals surface area contributed by atoms with Crippen LogP contribution in [0.1, 0.15) is 24.9 Å². The van der Waals surface area contributed by atoms with Crippen molar-refractivity contribution in [3.05, 3.63) is 48.0 Å². The predicted molar refractivity (Wildman–Crippen MR) is 89.9 cm³/mol. The van der Waals surface area contributed by atoms with E-state index in [1.807, 2.05) is 30.3 Å². The Kier molecular flexibility index (Phi) is 5.04. The summed E-state index contributed by atoms with van der Waals surface area (Å²) in [4.78, 5) is 0. The molecule has 5 heteroatoms. The lowest BCUT2D eigenvalue weighted by atomic mass is 10.0. The molecular formula is C17H19ClF2N2. The van der Waals surface area contributed by atoms with Crippen LogP contribution in [0.2, 0.25) is 0 Å². The second-order valence-corrected chi connectivity index (χ2v) is 5.27. The molecule has 2 aromatic carbocycles. The van der Waals surface area contributed by atoms with E-state index in [4.69, 9.17) is 5.73 Å². The molecule has 3 aromatic rings. The average molecular weight is 325 g/mol. The first-order valence-corrected chi connectivity index (χ1v) is 7.16. The highest BCUT2D eigenvalue weighted by atomic mass is 35.5. The Labute approximate surface area is 134 Å². The fourth-order valence-electron chi connectivity index (χ4n) is 2.97. The number of para-hydroxylation sites is 1. The Morgan fingerprint density at radius 1 is 1.05 bits per heavy atom. The van der Waals surface area contributed by atoms with E-state index >= 15 is 0 Å². The molecule has 22 heavy (non-hydrogen) atoms. The first-order chi connectivity index (χ1) is 10.1. The molecule has 3 rings (SSSR count). The maximum Gasteiger partial charge on any atom is 0.240 e. The SMILES string of the molecule is CCn1c2ccccc2c2cc([C@H](N)CC(F)F)ccc21.Cl. The molecule has 0 aliphatic rings. The fourth-order valence-corrected chi connectivity index (χ4v) is 2.97. The summed E-state index contributed by atoms with van der Waals surface area (Å²) in [5.74, 6) is 0. The van der Waals surface area contributed by atoms with Gasteiger partial charge in [0.1, 0.15) is 0 Å². The van der Waals surface area contributed by atoms with Crippen molar-refractivity contribution in [2.45, 2.75) is 32.4 Å². The lowest BCUT2D eigenvalue weighted by Crippen LogP contribution is -2.13. The fraction of sp³-hybridized carbons (Fsp3) is 0.294. The number of alkyl halides is 2. The summed E-state index contributed by atoms with van der Waals surface area (Å²) in [6.45, 7) is 2.97. The van der Waals surface area contributed by atoms with Gasteiger partial charge in [-0.3, -0.25) is 0 Å². The smallest absolute Gasteiger partial charge is 0.240 e. The summed E-state index contributed by atoms with van der Waals surface area (Å²) in [5.41, 5.74) is 8.93. The Morgan fingerprint density at radius 2 is 1.73 bits per heavy atom. The van der Waals surface area contributed by atoms with Crippen molar-refractivity contribution in [2.24, 2.45) is 5.73 Å². The Hall–Kier alpha value is -1.65. The van der Waals surface area contributed by atoms with E-state index in [1.165, 1.54) is 0 Å². The van der Waals surface area contributed by atoms with Crippen LogP contribution in [0.3, 0.4) is 0 Å². The minimum atomic E-state index is -2.38. The first kappa shape index (κ1) is 16.7. The Bertz CT molecular complexity index is 783. The van der Waals surface area contributed by atoms with Crippen LogP contribution in [0.4, 0.5) is 8.78 Å². The maximum absolute atomic E-state index is 12.5. The molecule has 0 saturated carbocycles. The molecule has 0 saturated heterocycles. The Balaban J connectivity index is 0.00000176. The van der Waals surface area contributed by atoms with Crippen LogP contribution in [-0.2, 0) is 6.54 Å². The van der Waals surface area contributed by atoms with E-state index in [1.54, 1.807) is 0 Å². The number of nitrogens with zero attached hydrogens (tertiary/aromatic N) is 1. The van der Waals surface area contributed by atoms with Crippen molar-refractivity contribution in [3.63, 3.8) is 0 Å². The van der Waals surface area contributed by atoms with Gasteiger partial charge in [0, 0.05) is 40.8 Å². The van der Waals surface area contributed by atoms with Crippen molar-refractivity contribution in [3.8, 4) is 0 Å². The van der Waals surface area contributed by atoms with Gasteiger partial charge in [0.2, 0.25) is 6.43 Å². The zero-order valence-corrected chi connectivity index (χ0v) is 13.1. The number of benzene rings is 2. The normalized spacial score (nSPS) is 12.8. The van der Waals surface area contributed by atoms with E-state index in [0.29, 0.717) is 0 Å². The molecule has 1 atom stereocenters. The average Bonchev–Trinajstić information content (AvgIpc) is 2.79. The molecule has 0 bridgehead atoms. The monoisotopic (exact) mass is 324 g/mol. The first-order valence-electron chi connectivity index (χ1n) is 7.16. The van der Waals surface area contributed by atoms with Crippen LogP contribution in [0, 0.1) is 0 Å². The quantitative estimate of drug-likeness (QED) is 0.727. The van der Waals surface area contributed by atoms with Crippen LogP contribution in [0.25, 0.3) is 21.8 Å². The van der Waals surface area contributed by atoms with Crippen molar-refractivity contribution in [1.82, 2.24) is 4.57 Å². The van der Waals surface area contributed by atoms with Crippen LogP contribution >= 0.6 is 12.4 Å². The number of rotatable bonds is 4. The van der Waals surface area contributed by atoms with E-state index in [-0.39, 0.29) is 18.8 Å². The lowest BCUT2D eigenvalue weighted by molar-refractivity contribution is 0.128. The van der Waals surface area contributed by atoms with Crippen LogP contribution < -0.4 is 5.73 Å². The molecule has 2 N–H and O–H groups in total. The van der Waals surface area contributed by atoms with Gasteiger partial charge in [0.05, 0.1) is 0 Å². The number of halogens is 3. The highest BCUT2D eigenvalue weighted by Gasteiger charge is 2.15. The molecule has 0 fully saturated rings. The van der Waals surface area contributed by atoms with Gasteiger partial charge in [-0.1, -0.05) is 24.3 Å². The minimum absolute atomic E-state index is 0. The third-order valence-corrected chi connectivity index (χ3v) is 3.97.